The molecule has 33 heavy (non-hydrogen) atoms. The fourth-order valence-electron chi connectivity index (χ4n) is 3.71. The normalized spacial score (nSPS) is 20.9. The number of sulfonamides is 1. The summed E-state index contributed by atoms with van der Waals surface area (Å²) in [5.74, 6) is -1.67. The van der Waals surface area contributed by atoms with Crippen LogP contribution in [0.15, 0.2) is 47.4 Å². The highest BCUT2D eigenvalue weighted by Crippen LogP contribution is 2.27. The average Bonchev–Trinajstić information content (AvgIpc) is 2.78. The Balaban J connectivity index is 1.56. The molecule has 1 amide bonds. The molecule has 11 heteroatoms. The Bertz CT molecular complexity index is 1060. The maximum atomic E-state index is 13.3. The number of ether oxygens (including phenoxy) is 2. The molecule has 0 aliphatic carbocycles. The van der Waals surface area contributed by atoms with E-state index in [9.17, 15) is 27.1 Å². The minimum absolute atomic E-state index is 0.0283. The van der Waals surface area contributed by atoms with Gasteiger partial charge in [0.05, 0.1) is 38.4 Å². The predicted molar refractivity (Wildman–Crippen MR) is 115 cm³/mol. The van der Waals surface area contributed by atoms with Gasteiger partial charge in [-0.2, -0.15) is 0 Å². The summed E-state index contributed by atoms with van der Waals surface area (Å²) in [5.41, 5.74) is 0.282. The van der Waals surface area contributed by atoms with Crippen LogP contribution in [0.3, 0.4) is 0 Å². The molecule has 180 valence electrons. The van der Waals surface area contributed by atoms with Crippen LogP contribution >= 0.6 is 0 Å². The topological polar surface area (TPSA) is 114 Å². The Morgan fingerprint density at radius 2 is 1.88 bits per heavy atom. The lowest BCUT2D eigenvalue weighted by Gasteiger charge is -2.35. The number of carbonyl (C=O) groups excluding carboxylic acids is 1. The molecular weight excluding hydrogens is 458 g/mol. The second-order valence-electron chi connectivity index (χ2n) is 7.69. The number of para-hydroxylation sites is 1. The predicted octanol–water partition coefficient (Wildman–Crippen LogP) is 1.87. The van der Waals surface area contributed by atoms with Gasteiger partial charge in [-0.1, -0.05) is 12.1 Å². The third-order valence-electron chi connectivity index (χ3n) is 5.29. The molecule has 3 N–H and O–H groups in total. The van der Waals surface area contributed by atoms with Crippen LogP contribution in [0.5, 0.6) is 5.75 Å². The van der Waals surface area contributed by atoms with Gasteiger partial charge in [0.2, 0.25) is 15.9 Å². The molecule has 0 bridgehead atoms. The fraction of sp³-hybridized carbons (Fsp3) is 0.409. The molecule has 0 aromatic heterocycles. The van der Waals surface area contributed by atoms with Crippen LogP contribution < -0.4 is 14.8 Å². The molecule has 0 saturated carbocycles. The van der Waals surface area contributed by atoms with Gasteiger partial charge in [-0.25, -0.2) is 21.9 Å². The molecule has 2 aromatic rings. The summed E-state index contributed by atoms with van der Waals surface area (Å²) in [6, 6.07) is 8.47. The zero-order valence-electron chi connectivity index (χ0n) is 18.0. The first kappa shape index (κ1) is 25.0. The van der Waals surface area contributed by atoms with E-state index in [1.807, 2.05) is 0 Å². The van der Waals surface area contributed by atoms with Crippen molar-refractivity contribution in [1.29, 1.82) is 0 Å². The van der Waals surface area contributed by atoms with Crippen molar-refractivity contribution in [3.63, 3.8) is 0 Å². The first-order chi connectivity index (χ1) is 15.7. The number of hydrogen-bond acceptors (Lipinski definition) is 6. The molecule has 0 spiro atoms. The van der Waals surface area contributed by atoms with Crippen molar-refractivity contribution in [1.82, 2.24) is 10.0 Å². The Labute approximate surface area is 191 Å². The van der Waals surface area contributed by atoms with Crippen molar-refractivity contribution in [3.05, 3.63) is 59.7 Å². The van der Waals surface area contributed by atoms with Crippen LogP contribution in [-0.4, -0.2) is 51.4 Å². The number of carbonyl (C=O) groups is 1. The molecule has 8 nitrogen and oxygen atoms in total. The van der Waals surface area contributed by atoms with Crippen LogP contribution in [0.4, 0.5) is 8.78 Å². The third kappa shape index (κ3) is 6.70. The molecule has 2 aromatic carbocycles. The van der Waals surface area contributed by atoms with Crippen molar-refractivity contribution in [2.45, 2.75) is 49.0 Å². The Morgan fingerprint density at radius 3 is 2.55 bits per heavy atom. The smallest absolute Gasteiger partial charge is 0.244 e. The van der Waals surface area contributed by atoms with E-state index in [2.05, 4.69) is 10.0 Å². The van der Waals surface area contributed by atoms with Gasteiger partial charge in [-0.05, 0) is 42.7 Å². The summed E-state index contributed by atoms with van der Waals surface area (Å²) in [4.78, 5) is 12.2. The first-order valence-corrected chi connectivity index (χ1v) is 11.8. The fourth-order valence-corrected chi connectivity index (χ4v) is 5.18. The first-order valence-electron chi connectivity index (χ1n) is 10.3. The summed E-state index contributed by atoms with van der Waals surface area (Å²) in [6.45, 7) is -0.495. The van der Waals surface area contributed by atoms with Gasteiger partial charge in [-0.3, -0.25) is 4.79 Å². The number of amides is 1. The van der Waals surface area contributed by atoms with E-state index in [0.717, 1.165) is 18.2 Å². The van der Waals surface area contributed by atoms with E-state index in [4.69, 9.17) is 9.47 Å². The molecule has 3 rings (SSSR count). The number of halogens is 2. The van der Waals surface area contributed by atoms with Crippen molar-refractivity contribution < 1.29 is 36.6 Å². The summed E-state index contributed by atoms with van der Waals surface area (Å²) >= 11 is 0. The molecule has 1 aliphatic heterocycles. The van der Waals surface area contributed by atoms with Crippen molar-refractivity contribution in [2.24, 2.45) is 0 Å². The number of nitrogens with one attached hydrogen (secondary N) is 2. The number of rotatable bonds is 9. The zero-order chi connectivity index (χ0) is 24.0. The maximum absolute atomic E-state index is 13.3. The van der Waals surface area contributed by atoms with Gasteiger partial charge in [-0.15, -0.1) is 0 Å². The van der Waals surface area contributed by atoms with Crippen LogP contribution in [-0.2, 0) is 26.1 Å². The Morgan fingerprint density at radius 1 is 1.18 bits per heavy atom. The van der Waals surface area contributed by atoms with Crippen LogP contribution in [0, 0.1) is 11.6 Å². The number of aliphatic hydroxyl groups is 1. The Hall–Kier alpha value is -2.60. The largest absolute Gasteiger partial charge is 0.495 e. The molecule has 0 radical (unpaired) electrons. The summed E-state index contributed by atoms with van der Waals surface area (Å²) in [5, 5.41) is 12.3. The summed E-state index contributed by atoms with van der Waals surface area (Å²) in [7, 11) is -2.57. The van der Waals surface area contributed by atoms with E-state index < -0.39 is 52.4 Å². The SMILES string of the molecule is COc1ccccc1S(=O)(=O)N[C@@H]1CC[C@H](CC(=O)NCc2cc(F)cc(F)c2)O[C@@H]1CO. The zero-order valence-corrected chi connectivity index (χ0v) is 18.8. The lowest BCUT2D eigenvalue weighted by Crippen LogP contribution is -2.51. The summed E-state index contributed by atoms with van der Waals surface area (Å²) in [6.07, 6.45) is -0.721. The number of aliphatic hydroxyl groups excluding tert-OH is 1. The van der Waals surface area contributed by atoms with Gasteiger partial charge in [0.1, 0.15) is 22.3 Å². The minimum Gasteiger partial charge on any atom is -0.495 e. The highest BCUT2D eigenvalue weighted by atomic mass is 32.2. The second kappa shape index (κ2) is 11.0. The molecule has 0 unspecified atom stereocenters. The highest BCUT2D eigenvalue weighted by Gasteiger charge is 2.35. The monoisotopic (exact) mass is 484 g/mol. The molecule has 1 saturated heterocycles. The molecule has 1 fully saturated rings. The minimum atomic E-state index is -3.94. The third-order valence-corrected chi connectivity index (χ3v) is 6.82. The van der Waals surface area contributed by atoms with Crippen LogP contribution in [0.25, 0.3) is 0 Å². The van der Waals surface area contributed by atoms with E-state index in [1.54, 1.807) is 12.1 Å². The van der Waals surface area contributed by atoms with Crippen molar-refractivity contribution in [2.75, 3.05) is 13.7 Å². The van der Waals surface area contributed by atoms with Gasteiger partial charge in [0, 0.05) is 12.6 Å². The van der Waals surface area contributed by atoms with E-state index >= 15 is 0 Å². The number of methoxy groups -OCH3 is 1. The van der Waals surface area contributed by atoms with Gasteiger partial charge >= 0.3 is 0 Å². The highest BCUT2D eigenvalue weighted by molar-refractivity contribution is 7.89. The standard InChI is InChI=1S/C22H26F2N2O6S/c1-31-19-4-2-3-5-21(19)33(29,30)26-18-7-6-17(32-20(18)13-27)11-22(28)25-12-14-8-15(23)10-16(24)9-14/h2-5,8-10,17-18,20,26-27H,6-7,11-13H2,1H3,(H,25,28)/t17-,18-,20-/m1/s1. The van der Waals surface area contributed by atoms with Gasteiger partial charge < -0.3 is 19.9 Å². The lowest BCUT2D eigenvalue weighted by atomic mass is 9.98. The maximum Gasteiger partial charge on any atom is 0.244 e. The molecular formula is C22H26F2N2O6S. The van der Waals surface area contributed by atoms with Gasteiger partial charge in [0.15, 0.2) is 0 Å². The van der Waals surface area contributed by atoms with Crippen molar-refractivity contribution >= 4 is 15.9 Å². The number of benzene rings is 2. The van der Waals surface area contributed by atoms with Crippen molar-refractivity contribution in [3.8, 4) is 5.75 Å². The van der Waals surface area contributed by atoms with Gasteiger partial charge in [0.25, 0.3) is 0 Å². The number of hydrogen-bond donors (Lipinski definition) is 3. The molecule has 1 heterocycles. The second-order valence-corrected chi connectivity index (χ2v) is 9.38. The molecule has 1 aliphatic rings. The van der Waals surface area contributed by atoms with Crippen LogP contribution in [0.2, 0.25) is 0 Å². The van der Waals surface area contributed by atoms with E-state index in [0.29, 0.717) is 12.8 Å². The quantitative estimate of drug-likeness (QED) is 0.501. The van der Waals surface area contributed by atoms with E-state index in [1.165, 1.54) is 19.2 Å². The average molecular weight is 485 g/mol. The van der Waals surface area contributed by atoms with Crippen LogP contribution in [0.1, 0.15) is 24.8 Å². The van der Waals surface area contributed by atoms with E-state index in [-0.39, 0.29) is 29.2 Å². The Kier molecular flexibility index (Phi) is 8.35. The molecule has 3 atom stereocenters. The summed E-state index contributed by atoms with van der Waals surface area (Å²) < 4.78 is 65.6. The lowest BCUT2D eigenvalue weighted by molar-refractivity contribution is -0.130.